The second-order valence-corrected chi connectivity index (χ2v) is 5.68. The average Bonchev–Trinajstić information content (AvgIpc) is 2.49. The van der Waals surface area contributed by atoms with E-state index in [0.717, 1.165) is 26.1 Å². The van der Waals surface area contributed by atoms with Crippen molar-refractivity contribution in [2.75, 3.05) is 13.1 Å². The Morgan fingerprint density at radius 1 is 0.905 bits per heavy atom. The van der Waals surface area contributed by atoms with E-state index in [2.05, 4.69) is 53.4 Å². The van der Waals surface area contributed by atoms with E-state index in [1.165, 1.54) is 11.1 Å². The van der Waals surface area contributed by atoms with Crippen LogP contribution in [0.1, 0.15) is 23.5 Å². The smallest absolute Gasteiger partial charge is 0.0673 e. The molecule has 2 nitrogen and oxygen atoms in total. The van der Waals surface area contributed by atoms with Crippen molar-refractivity contribution in [2.24, 2.45) is 0 Å². The molecule has 0 amide bonds. The van der Waals surface area contributed by atoms with Crippen molar-refractivity contribution in [3.63, 3.8) is 0 Å². The predicted octanol–water partition coefficient (Wildman–Crippen LogP) is 3.46. The van der Waals surface area contributed by atoms with Crippen molar-refractivity contribution < 1.29 is 5.11 Å². The van der Waals surface area contributed by atoms with E-state index in [4.69, 9.17) is 0 Å². The van der Waals surface area contributed by atoms with Crippen LogP contribution in [-0.2, 0) is 6.54 Å². The second-order valence-electron chi connectivity index (χ2n) is 5.68. The van der Waals surface area contributed by atoms with E-state index in [0.29, 0.717) is 5.92 Å². The zero-order valence-corrected chi connectivity index (χ0v) is 12.9. The lowest BCUT2D eigenvalue weighted by atomic mass is 9.89. The van der Waals surface area contributed by atoms with Crippen molar-refractivity contribution in [1.82, 2.24) is 4.90 Å². The molecule has 0 radical (unpaired) electrons. The normalized spacial score (nSPS) is 22.5. The summed E-state index contributed by atoms with van der Waals surface area (Å²) in [6, 6.07) is 21.0. The van der Waals surface area contributed by atoms with Crippen molar-refractivity contribution in [2.45, 2.75) is 25.0 Å². The average molecular weight is 304 g/mol. The van der Waals surface area contributed by atoms with Crippen LogP contribution >= 0.6 is 12.4 Å². The highest BCUT2D eigenvalue weighted by atomic mass is 35.5. The maximum Gasteiger partial charge on any atom is 0.0673 e. The SMILES string of the molecule is Cl.O[C@H]1C[C@@H](c2ccccc2)CN(Cc2ccccc2)C1. The first kappa shape index (κ1) is 16.0. The quantitative estimate of drug-likeness (QED) is 0.938. The first-order chi connectivity index (χ1) is 9.81. The molecule has 1 aliphatic heterocycles. The molecule has 0 aromatic heterocycles. The fourth-order valence-corrected chi connectivity index (χ4v) is 3.10. The predicted molar refractivity (Wildman–Crippen MR) is 88.8 cm³/mol. The van der Waals surface area contributed by atoms with Crippen LogP contribution in [0.15, 0.2) is 60.7 Å². The van der Waals surface area contributed by atoms with E-state index in [9.17, 15) is 5.11 Å². The third-order valence-corrected chi connectivity index (χ3v) is 4.02. The van der Waals surface area contributed by atoms with Crippen LogP contribution in [0.3, 0.4) is 0 Å². The van der Waals surface area contributed by atoms with Gasteiger partial charge in [-0.3, -0.25) is 4.90 Å². The molecule has 2 aromatic rings. The van der Waals surface area contributed by atoms with Crippen LogP contribution in [0, 0.1) is 0 Å². The Hall–Kier alpha value is -1.35. The number of aliphatic hydroxyl groups is 1. The van der Waals surface area contributed by atoms with Gasteiger partial charge in [-0.2, -0.15) is 0 Å². The van der Waals surface area contributed by atoms with Gasteiger partial charge in [0.1, 0.15) is 0 Å². The highest BCUT2D eigenvalue weighted by Gasteiger charge is 2.26. The molecule has 2 aromatic carbocycles. The van der Waals surface area contributed by atoms with Gasteiger partial charge < -0.3 is 5.11 Å². The van der Waals surface area contributed by atoms with Crippen molar-refractivity contribution in [1.29, 1.82) is 0 Å². The maximum atomic E-state index is 10.1. The van der Waals surface area contributed by atoms with Gasteiger partial charge in [-0.05, 0) is 23.5 Å². The molecule has 1 heterocycles. The highest BCUT2D eigenvalue weighted by molar-refractivity contribution is 5.85. The van der Waals surface area contributed by atoms with Gasteiger partial charge in [0.25, 0.3) is 0 Å². The minimum absolute atomic E-state index is 0. The van der Waals surface area contributed by atoms with Gasteiger partial charge in [-0.25, -0.2) is 0 Å². The van der Waals surface area contributed by atoms with Gasteiger partial charge in [0.2, 0.25) is 0 Å². The first-order valence-corrected chi connectivity index (χ1v) is 7.30. The maximum absolute atomic E-state index is 10.1. The van der Waals surface area contributed by atoms with E-state index in [1.807, 2.05) is 12.1 Å². The minimum Gasteiger partial charge on any atom is -0.392 e. The molecular weight excluding hydrogens is 282 g/mol. The number of hydrogen-bond donors (Lipinski definition) is 1. The molecule has 3 rings (SSSR count). The van der Waals surface area contributed by atoms with Crippen LogP contribution in [0.25, 0.3) is 0 Å². The molecule has 1 aliphatic rings. The Labute approximate surface area is 132 Å². The van der Waals surface area contributed by atoms with Crippen molar-refractivity contribution in [3.05, 3.63) is 71.8 Å². The van der Waals surface area contributed by atoms with Gasteiger partial charge in [0.05, 0.1) is 6.10 Å². The molecule has 3 heteroatoms. The lowest BCUT2D eigenvalue weighted by Gasteiger charge is -2.36. The topological polar surface area (TPSA) is 23.5 Å². The molecule has 0 unspecified atom stereocenters. The lowest BCUT2D eigenvalue weighted by molar-refractivity contribution is 0.0549. The second kappa shape index (κ2) is 7.60. The minimum atomic E-state index is -0.224. The van der Waals surface area contributed by atoms with Gasteiger partial charge in [0, 0.05) is 19.6 Å². The number of likely N-dealkylation sites (tertiary alicyclic amines) is 1. The van der Waals surface area contributed by atoms with Crippen LogP contribution in [0.5, 0.6) is 0 Å². The summed E-state index contributed by atoms with van der Waals surface area (Å²) in [5.41, 5.74) is 2.65. The van der Waals surface area contributed by atoms with Crippen LogP contribution in [-0.4, -0.2) is 29.2 Å². The van der Waals surface area contributed by atoms with Gasteiger partial charge in [-0.1, -0.05) is 60.7 Å². The Morgan fingerprint density at radius 2 is 1.52 bits per heavy atom. The van der Waals surface area contributed by atoms with Crippen LogP contribution < -0.4 is 0 Å². The molecule has 0 bridgehead atoms. The lowest BCUT2D eigenvalue weighted by Crippen LogP contribution is -2.41. The molecule has 1 fully saturated rings. The standard InChI is InChI=1S/C18H21NO.ClH/c20-18-11-17(16-9-5-2-6-10-16)13-19(14-18)12-15-7-3-1-4-8-15;/h1-10,17-18,20H,11-14H2;1H/t17-,18+;/m1./s1. The Kier molecular flexibility index (Phi) is 5.80. The molecular formula is C18H22ClNO. The Bertz CT molecular complexity index is 531. The zero-order valence-electron chi connectivity index (χ0n) is 12.1. The number of halogens is 1. The van der Waals surface area contributed by atoms with E-state index in [1.54, 1.807) is 0 Å². The van der Waals surface area contributed by atoms with Gasteiger partial charge >= 0.3 is 0 Å². The number of nitrogens with zero attached hydrogens (tertiary/aromatic N) is 1. The van der Waals surface area contributed by atoms with Gasteiger partial charge in [-0.15, -0.1) is 12.4 Å². The molecule has 112 valence electrons. The summed E-state index contributed by atoms with van der Waals surface area (Å²) in [5.74, 6) is 0.434. The number of hydrogen-bond acceptors (Lipinski definition) is 2. The number of aliphatic hydroxyl groups excluding tert-OH is 1. The molecule has 0 spiro atoms. The molecule has 2 atom stereocenters. The van der Waals surface area contributed by atoms with E-state index >= 15 is 0 Å². The summed E-state index contributed by atoms with van der Waals surface area (Å²) in [6.45, 7) is 2.72. The molecule has 1 N–H and O–H groups in total. The van der Waals surface area contributed by atoms with Crippen molar-refractivity contribution in [3.8, 4) is 0 Å². The van der Waals surface area contributed by atoms with Crippen LogP contribution in [0.2, 0.25) is 0 Å². The summed E-state index contributed by atoms with van der Waals surface area (Å²) >= 11 is 0. The zero-order chi connectivity index (χ0) is 13.8. The number of β-amino-alcohol motifs (C(OH)–C–C–N with tert-alkyl or cyclic N) is 1. The number of piperidine rings is 1. The fourth-order valence-electron chi connectivity index (χ4n) is 3.10. The Morgan fingerprint density at radius 3 is 2.19 bits per heavy atom. The van der Waals surface area contributed by atoms with E-state index in [-0.39, 0.29) is 18.5 Å². The van der Waals surface area contributed by atoms with Gasteiger partial charge in [0.15, 0.2) is 0 Å². The summed E-state index contributed by atoms with van der Waals surface area (Å²) in [7, 11) is 0. The first-order valence-electron chi connectivity index (χ1n) is 7.30. The third-order valence-electron chi connectivity index (χ3n) is 4.02. The number of rotatable bonds is 3. The van der Waals surface area contributed by atoms with E-state index < -0.39 is 0 Å². The van der Waals surface area contributed by atoms with Crippen molar-refractivity contribution >= 4 is 12.4 Å². The summed E-state index contributed by atoms with van der Waals surface area (Å²) < 4.78 is 0. The molecule has 21 heavy (non-hydrogen) atoms. The largest absolute Gasteiger partial charge is 0.392 e. The Balaban J connectivity index is 0.00000161. The number of benzene rings is 2. The summed E-state index contributed by atoms with van der Waals surface area (Å²) in [6.07, 6.45) is 0.646. The monoisotopic (exact) mass is 303 g/mol. The molecule has 0 aliphatic carbocycles. The molecule has 0 saturated carbocycles. The third kappa shape index (κ3) is 4.31. The molecule has 1 saturated heterocycles. The highest BCUT2D eigenvalue weighted by Crippen LogP contribution is 2.27. The van der Waals surface area contributed by atoms with Crippen LogP contribution in [0.4, 0.5) is 0 Å². The summed E-state index contributed by atoms with van der Waals surface area (Å²) in [5, 5.41) is 10.1. The summed E-state index contributed by atoms with van der Waals surface area (Å²) in [4.78, 5) is 2.36. The fraction of sp³-hybridized carbons (Fsp3) is 0.333.